The van der Waals surface area contributed by atoms with Gasteiger partial charge >= 0.3 is 0 Å². The van der Waals surface area contributed by atoms with Crippen molar-refractivity contribution in [3.8, 4) is 0 Å². The van der Waals surface area contributed by atoms with Crippen molar-refractivity contribution in [2.45, 2.75) is 76.4 Å². The maximum Gasteiger partial charge on any atom is 0.0792 e. The number of benzene rings is 2. The van der Waals surface area contributed by atoms with E-state index in [4.69, 9.17) is 0 Å². The summed E-state index contributed by atoms with van der Waals surface area (Å²) in [6.45, 7) is 2.19. The zero-order valence-electron chi connectivity index (χ0n) is 16.4. The number of hydrogen-bond donors (Lipinski definition) is 2. The third-order valence-corrected chi connectivity index (χ3v) is 6.82. The Balaban J connectivity index is 1.65. The van der Waals surface area contributed by atoms with E-state index >= 15 is 0 Å². The van der Waals surface area contributed by atoms with E-state index in [-0.39, 0.29) is 18.1 Å². The average Bonchev–Trinajstić information content (AvgIpc) is 2.93. The summed E-state index contributed by atoms with van der Waals surface area (Å²) in [5, 5.41) is 21.3. The quantitative estimate of drug-likeness (QED) is 0.741. The van der Waals surface area contributed by atoms with Crippen molar-refractivity contribution >= 4 is 0 Å². The third-order valence-electron chi connectivity index (χ3n) is 6.82. The second kappa shape index (κ2) is 8.16. The van der Waals surface area contributed by atoms with Crippen LogP contribution in [0.2, 0.25) is 0 Å². The van der Waals surface area contributed by atoms with E-state index in [1.807, 2.05) is 0 Å². The van der Waals surface area contributed by atoms with Crippen LogP contribution < -0.4 is 0 Å². The maximum absolute atomic E-state index is 10.8. The molecule has 2 aromatic rings. The van der Waals surface area contributed by atoms with Crippen molar-refractivity contribution in [2.75, 3.05) is 0 Å². The first-order chi connectivity index (χ1) is 13.2. The topological polar surface area (TPSA) is 40.5 Å². The highest BCUT2D eigenvalue weighted by Crippen LogP contribution is 2.45. The number of hydrogen-bond acceptors (Lipinski definition) is 2. The van der Waals surface area contributed by atoms with Crippen LogP contribution in [-0.2, 0) is 19.3 Å². The molecular formula is C25H32O2. The normalized spacial score (nSPS) is 28.0. The molecule has 27 heavy (non-hydrogen) atoms. The van der Waals surface area contributed by atoms with E-state index in [1.165, 1.54) is 22.3 Å². The molecule has 4 rings (SSSR count). The molecule has 0 spiro atoms. The third kappa shape index (κ3) is 3.83. The molecule has 0 aromatic heterocycles. The minimum Gasteiger partial charge on any atom is -0.393 e. The summed E-state index contributed by atoms with van der Waals surface area (Å²) in [7, 11) is 0. The van der Waals surface area contributed by atoms with Crippen LogP contribution in [0.4, 0.5) is 0 Å². The molecule has 0 aliphatic heterocycles. The summed E-state index contributed by atoms with van der Waals surface area (Å²) in [6.07, 6.45) is 7.54. The Hall–Kier alpha value is -1.64. The minimum absolute atomic E-state index is 0.230. The van der Waals surface area contributed by atoms with Gasteiger partial charge in [0.15, 0.2) is 0 Å². The molecule has 1 fully saturated rings. The van der Waals surface area contributed by atoms with Crippen molar-refractivity contribution in [2.24, 2.45) is 5.92 Å². The molecule has 144 valence electrons. The Kier molecular flexibility index (Phi) is 5.66. The van der Waals surface area contributed by atoms with Crippen LogP contribution in [0.15, 0.2) is 42.5 Å². The predicted octanol–water partition coefficient (Wildman–Crippen LogP) is 5.11. The number of aliphatic hydroxyl groups is 2. The molecule has 0 saturated heterocycles. The molecule has 2 N–H and O–H groups in total. The molecule has 0 heterocycles. The van der Waals surface area contributed by atoms with Crippen LogP contribution in [0.25, 0.3) is 0 Å². The van der Waals surface area contributed by atoms with E-state index in [2.05, 4.69) is 49.4 Å². The summed E-state index contributed by atoms with van der Waals surface area (Å²) in [5.74, 6) is 0.662. The standard InChI is InChI=1S/C25H32O2/c1-2-17-7-5-8-18(15-17)16-23-21(13-14-25(23)27)19-10-6-11-22-20(19)9-3-4-12-24(22)26/h5-8,10-11,15,21,23-27H,2-4,9,12-14,16H2,1H3. The summed E-state index contributed by atoms with van der Waals surface area (Å²) in [4.78, 5) is 0. The van der Waals surface area contributed by atoms with Gasteiger partial charge in [-0.05, 0) is 84.6 Å². The Morgan fingerprint density at radius 1 is 0.889 bits per heavy atom. The average molecular weight is 365 g/mol. The van der Waals surface area contributed by atoms with Crippen LogP contribution >= 0.6 is 0 Å². The smallest absolute Gasteiger partial charge is 0.0792 e. The number of aryl methyl sites for hydroxylation is 1. The summed E-state index contributed by atoms with van der Waals surface area (Å²) in [5.41, 5.74) is 6.61. The zero-order chi connectivity index (χ0) is 18.8. The van der Waals surface area contributed by atoms with E-state index in [9.17, 15) is 10.2 Å². The molecule has 2 nitrogen and oxygen atoms in total. The van der Waals surface area contributed by atoms with E-state index in [0.717, 1.165) is 56.9 Å². The molecule has 0 radical (unpaired) electrons. The van der Waals surface area contributed by atoms with Crippen molar-refractivity contribution in [3.05, 3.63) is 70.3 Å². The molecule has 2 aliphatic rings. The van der Waals surface area contributed by atoms with Crippen LogP contribution in [0.5, 0.6) is 0 Å². The van der Waals surface area contributed by atoms with Gasteiger partial charge in [-0.2, -0.15) is 0 Å². The molecule has 1 saturated carbocycles. The second-order valence-electron chi connectivity index (χ2n) is 8.47. The van der Waals surface area contributed by atoms with Gasteiger partial charge in [-0.15, -0.1) is 0 Å². The molecule has 2 aromatic carbocycles. The maximum atomic E-state index is 10.8. The molecule has 4 atom stereocenters. The predicted molar refractivity (Wildman–Crippen MR) is 110 cm³/mol. The van der Waals surface area contributed by atoms with E-state index in [0.29, 0.717) is 5.92 Å². The molecule has 2 heteroatoms. The lowest BCUT2D eigenvalue weighted by Gasteiger charge is -2.26. The van der Waals surface area contributed by atoms with Gasteiger partial charge in [-0.1, -0.05) is 55.8 Å². The largest absolute Gasteiger partial charge is 0.393 e. The van der Waals surface area contributed by atoms with Gasteiger partial charge in [0.2, 0.25) is 0 Å². The first kappa shape index (κ1) is 18.7. The van der Waals surface area contributed by atoms with Gasteiger partial charge in [-0.25, -0.2) is 0 Å². The summed E-state index contributed by atoms with van der Waals surface area (Å²) in [6, 6.07) is 15.3. The molecule has 0 bridgehead atoms. The SMILES string of the molecule is CCc1cccc(CC2C(O)CCC2c2cccc3c2CCCCC3O)c1. The van der Waals surface area contributed by atoms with Crippen LogP contribution in [0.3, 0.4) is 0 Å². The number of rotatable bonds is 4. The fourth-order valence-electron chi connectivity index (χ4n) is 5.33. The zero-order valence-corrected chi connectivity index (χ0v) is 16.4. The molecule has 2 aliphatic carbocycles. The Morgan fingerprint density at radius 3 is 2.52 bits per heavy atom. The highest BCUT2D eigenvalue weighted by Gasteiger charge is 2.37. The molecular weight excluding hydrogens is 332 g/mol. The Labute approximate surface area is 163 Å². The van der Waals surface area contributed by atoms with Gasteiger partial charge in [0.05, 0.1) is 12.2 Å². The lowest BCUT2D eigenvalue weighted by atomic mass is 9.80. The Bertz CT molecular complexity index is 782. The summed E-state index contributed by atoms with van der Waals surface area (Å²) < 4.78 is 0. The van der Waals surface area contributed by atoms with Gasteiger partial charge in [0, 0.05) is 0 Å². The highest BCUT2D eigenvalue weighted by molar-refractivity contribution is 5.41. The van der Waals surface area contributed by atoms with Crippen molar-refractivity contribution < 1.29 is 10.2 Å². The van der Waals surface area contributed by atoms with Crippen molar-refractivity contribution in [1.82, 2.24) is 0 Å². The van der Waals surface area contributed by atoms with Gasteiger partial charge in [0.1, 0.15) is 0 Å². The highest BCUT2D eigenvalue weighted by atomic mass is 16.3. The number of aliphatic hydroxyl groups excluding tert-OH is 2. The van der Waals surface area contributed by atoms with Crippen LogP contribution in [0, 0.1) is 5.92 Å². The molecule has 4 unspecified atom stereocenters. The minimum atomic E-state index is -0.325. The van der Waals surface area contributed by atoms with E-state index < -0.39 is 0 Å². The molecule has 0 amide bonds. The Morgan fingerprint density at radius 2 is 1.67 bits per heavy atom. The lowest BCUT2D eigenvalue weighted by Crippen LogP contribution is -2.22. The van der Waals surface area contributed by atoms with Crippen molar-refractivity contribution in [3.63, 3.8) is 0 Å². The fourth-order valence-corrected chi connectivity index (χ4v) is 5.33. The van der Waals surface area contributed by atoms with Crippen LogP contribution in [0.1, 0.15) is 78.9 Å². The first-order valence-corrected chi connectivity index (χ1v) is 10.7. The fraction of sp³-hybridized carbons (Fsp3) is 0.520. The lowest BCUT2D eigenvalue weighted by molar-refractivity contribution is 0.127. The number of fused-ring (bicyclic) bond motifs is 1. The van der Waals surface area contributed by atoms with Gasteiger partial charge in [-0.3, -0.25) is 0 Å². The summed E-state index contributed by atoms with van der Waals surface area (Å²) >= 11 is 0. The van der Waals surface area contributed by atoms with Crippen LogP contribution in [-0.4, -0.2) is 16.3 Å². The first-order valence-electron chi connectivity index (χ1n) is 10.7. The monoisotopic (exact) mass is 364 g/mol. The van der Waals surface area contributed by atoms with E-state index in [1.54, 1.807) is 0 Å². The van der Waals surface area contributed by atoms with Gasteiger partial charge < -0.3 is 10.2 Å². The van der Waals surface area contributed by atoms with Crippen molar-refractivity contribution in [1.29, 1.82) is 0 Å². The second-order valence-corrected chi connectivity index (χ2v) is 8.47. The van der Waals surface area contributed by atoms with Gasteiger partial charge in [0.25, 0.3) is 0 Å².